The van der Waals surface area contributed by atoms with Crippen LogP contribution in [-0.2, 0) is 9.84 Å². The Labute approximate surface area is 114 Å². The third kappa shape index (κ3) is 6.45. The minimum absolute atomic E-state index is 0.0420. The van der Waals surface area contributed by atoms with Gasteiger partial charge in [-0.15, -0.1) is 0 Å². The first-order valence-corrected chi connectivity index (χ1v) is 7.80. The zero-order valence-electron chi connectivity index (χ0n) is 11.5. The second-order valence-corrected chi connectivity index (χ2v) is 7.29. The molecule has 0 aromatic heterocycles. The summed E-state index contributed by atoms with van der Waals surface area (Å²) in [5, 5.41) is 0. The summed E-state index contributed by atoms with van der Waals surface area (Å²) in [6.45, 7) is 3.49. The van der Waals surface area contributed by atoms with Crippen LogP contribution >= 0.6 is 0 Å². The van der Waals surface area contributed by atoms with Crippen LogP contribution in [0.1, 0.15) is 13.8 Å². The van der Waals surface area contributed by atoms with Crippen molar-refractivity contribution < 1.29 is 17.9 Å². The lowest BCUT2D eigenvalue weighted by molar-refractivity contribution is 0.339. The van der Waals surface area contributed by atoms with Gasteiger partial charge >= 0.3 is 0 Å². The van der Waals surface area contributed by atoms with Crippen molar-refractivity contribution in [3.63, 3.8) is 0 Å². The molecule has 0 unspecified atom stereocenters. The van der Waals surface area contributed by atoms with E-state index in [1.807, 2.05) is 0 Å². The molecule has 0 aliphatic rings. The Kier molecular flexibility index (Phi) is 5.20. The van der Waals surface area contributed by atoms with Crippen molar-refractivity contribution >= 4 is 9.84 Å². The van der Waals surface area contributed by atoms with E-state index < -0.39 is 15.4 Å². The van der Waals surface area contributed by atoms with Gasteiger partial charge in [-0.2, -0.15) is 0 Å². The maximum absolute atomic E-state index is 11.8. The van der Waals surface area contributed by atoms with Crippen LogP contribution in [0.25, 0.3) is 0 Å². The van der Waals surface area contributed by atoms with Gasteiger partial charge in [-0.3, -0.25) is 0 Å². The molecule has 2 N–H and O–H groups in total. The van der Waals surface area contributed by atoms with Crippen molar-refractivity contribution in [3.05, 3.63) is 24.3 Å². The van der Waals surface area contributed by atoms with Gasteiger partial charge in [-0.05, 0) is 38.1 Å². The minimum atomic E-state index is -3.20. The molecule has 1 rings (SSSR count). The molecule has 19 heavy (non-hydrogen) atoms. The summed E-state index contributed by atoms with van der Waals surface area (Å²) in [4.78, 5) is 0. The van der Waals surface area contributed by atoms with Crippen molar-refractivity contribution in [2.45, 2.75) is 19.4 Å². The summed E-state index contributed by atoms with van der Waals surface area (Å²) in [6, 6.07) is 6.98. The Morgan fingerprint density at radius 2 is 1.68 bits per heavy atom. The predicted octanol–water partition coefficient (Wildman–Crippen LogP) is 1.23. The lowest BCUT2D eigenvalue weighted by Crippen LogP contribution is -2.41. The fourth-order valence-corrected chi connectivity index (χ4v) is 3.21. The summed E-state index contributed by atoms with van der Waals surface area (Å²) in [7, 11) is -1.62. The number of rotatable bonds is 7. The molecule has 1 aromatic rings. The van der Waals surface area contributed by atoms with E-state index in [4.69, 9.17) is 15.2 Å². The van der Waals surface area contributed by atoms with Gasteiger partial charge in [0.05, 0.1) is 18.6 Å². The second kappa shape index (κ2) is 6.25. The maximum Gasteiger partial charge on any atom is 0.155 e. The number of hydrogen-bond donors (Lipinski definition) is 1. The van der Waals surface area contributed by atoms with Gasteiger partial charge < -0.3 is 15.2 Å². The van der Waals surface area contributed by atoms with Crippen LogP contribution in [0.5, 0.6) is 11.5 Å². The van der Waals surface area contributed by atoms with Crippen molar-refractivity contribution in [2.75, 3.05) is 25.2 Å². The van der Waals surface area contributed by atoms with Crippen molar-refractivity contribution in [2.24, 2.45) is 5.73 Å². The molecule has 0 saturated carbocycles. The van der Waals surface area contributed by atoms with Crippen LogP contribution in [-0.4, -0.2) is 39.2 Å². The fraction of sp³-hybridized carbons (Fsp3) is 0.538. The Morgan fingerprint density at radius 3 is 2.16 bits per heavy atom. The molecule has 0 bridgehead atoms. The predicted molar refractivity (Wildman–Crippen MR) is 75.4 cm³/mol. The smallest absolute Gasteiger partial charge is 0.155 e. The highest BCUT2D eigenvalue weighted by Crippen LogP contribution is 2.17. The molecular weight excluding hydrogens is 266 g/mol. The van der Waals surface area contributed by atoms with Crippen LogP contribution in [0.3, 0.4) is 0 Å². The van der Waals surface area contributed by atoms with Crippen LogP contribution in [0.15, 0.2) is 24.3 Å². The molecule has 0 radical (unpaired) electrons. The van der Waals surface area contributed by atoms with Gasteiger partial charge in [0.1, 0.15) is 18.1 Å². The van der Waals surface area contributed by atoms with E-state index >= 15 is 0 Å². The van der Waals surface area contributed by atoms with E-state index in [0.717, 1.165) is 5.75 Å². The fourth-order valence-electron chi connectivity index (χ4n) is 1.60. The quantitative estimate of drug-likeness (QED) is 0.816. The molecule has 0 amide bonds. The van der Waals surface area contributed by atoms with Gasteiger partial charge in [0.15, 0.2) is 9.84 Å². The summed E-state index contributed by atoms with van der Waals surface area (Å²) >= 11 is 0. The number of ether oxygens (including phenoxy) is 2. The highest BCUT2D eigenvalue weighted by molar-refractivity contribution is 7.91. The number of methoxy groups -OCH3 is 1. The lowest BCUT2D eigenvalue weighted by Gasteiger charge is -2.18. The number of sulfone groups is 1. The van der Waals surface area contributed by atoms with Gasteiger partial charge in [0.25, 0.3) is 0 Å². The summed E-state index contributed by atoms with van der Waals surface area (Å²) in [5.74, 6) is 1.25. The van der Waals surface area contributed by atoms with Crippen LogP contribution < -0.4 is 15.2 Å². The molecule has 108 valence electrons. The first-order chi connectivity index (χ1) is 8.72. The summed E-state index contributed by atoms with van der Waals surface area (Å²) in [6.07, 6.45) is 0. The van der Waals surface area contributed by atoms with Gasteiger partial charge in [0, 0.05) is 5.54 Å². The molecule has 0 spiro atoms. The third-order valence-corrected chi connectivity index (χ3v) is 4.29. The highest BCUT2D eigenvalue weighted by atomic mass is 32.2. The molecule has 0 heterocycles. The van der Waals surface area contributed by atoms with E-state index in [1.54, 1.807) is 45.2 Å². The standard InChI is InChI=1S/C13H21NO4S/c1-13(2,14)10-19(15,16)9-8-18-12-6-4-11(17-3)5-7-12/h4-7H,8-10,14H2,1-3H3. The van der Waals surface area contributed by atoms with Gasteiger partial charge in [-0.25, -0.2) is 8.42 Å². The van der Waals surface area contributed by atoms with Crippen LogP contribution in [0.4, 0.5) is 0 Å². The number of hydrogen-bond acceptors (Lipinski definition) is 5. The molecule has 0 atom stereocenters. The molecule has 0 aliphatic carbocycles. The average molecular weight is 287 g/mol. The zero-order chi connectivity index (χ0) is 14.5. The number of nitrogens with two attached hydrogens (primary N) is 1. The van der Waals surface area contributed by atoms with Crippen molar-refractivity contribution in [1.29, 1.82) is 0 Å². The third-order valence-electron chi connectivity index (χ3n) is 2.31. The van der Waals surface area contributed by atoms with E-state index in [1.165, 1.54) is 0 Å². The minimum Gasteiger partial charge on any atom is -0.497 e. The first-order valence-electron chi connectivity index (χ1n) is 5.98. The largest absolute Gasteiger partial charge is 0.497 e. The Bertz CT molecular complexity index is 488. The van der Waals surface area contributed by atoms with E-state index in [0.29, 0.717) is 5.75 Å². The van der Waals surface area contributed by atoms with Crippen molar-refractivity contribution in [3.8, 4) is 11.5 Å². The van der Waals surface area contributed by atoms with E-state index in [2.05, 4.69) is 0 Å². The monoisotopic (exact) mass is 287 g/mol. The summed E-state index contributed by atoms with van der Waals surface area (Å²) < 4.78 is 33.9. The lowest BCUT2D eigenvalue weighted by atomic mass is 10.1. The molecule has 6 heteroatoms. The van der Waals surface area contributed by atoms with Crippen molar-refractivity contribution in [1.82, 2.24) is 0 Å². The maximum atomic E-state index is 11.8. The molecular formula is C13H21NO4S. The Balaban J connectivity index is 2.45. The van der Waals surface area contributed by atoms with Gasteiger partial charge in [0.2, 0.25) is 0 Å². The topological polar surface area (TPSA) is 78.6 Å². The normalized spacial score (nSPS) is 12.2. The van der Waals surface area contributed by atoms with E-state index in [-0.39, 0.29) is 18.1 Å². The first kappa shape index (κ1) is 15.8. The number of benzene rings is 1. The Hall–Kier alpha value is -1.27. The second-order valence-electron chi connectivity index (χ2n) is 5.10. The molecule has 1 aromatic carbocycles. The zero-order valence-corrected chi connectivity index (χ0v) is 12.4. The Morgan fingerprint density at radius 1 is 1.16 bits per heavy atom. The van der Waals surface area contributed by atoms with Crippen LogP contribution in [0, 0.1) is 0 Å². The molecule has 0 saturated heterocycles. The summed E-state index contributed by atoms with van der Waals surface area (Å²) in [5.41, 5.74) is 4.98. The van der Waals surface area contributed by atoms with Gasteiger partial charge in [-0.1, -0.05) is 0 Å². The molecule has 5 nitrogen and oxygen atoms in total. The molecule has 0 fully saturated rings. The van der Waals surface area contributed by atoms with Crippen LogP contribution in [0.2, 0.25) is 0 Å². The highest BCUT2D eigenvalue weighted by Gasteiger charge is 2.21. The average Bonchev–Trinajstić information content (AvgIpc) is 2.26. The molecule has 0 aliphatic heterocycles. The SMILES string of the molecule is COc1ccc(OCCS(=O)(=O)CC(C)(C)N)cc1. The van der Waals surface area contributed by atoms with E-state index in [9.17, 15) is 8.42 Å².